The predicted octanol–water partition coefficient (Wildman–Crippen LogP) is 4.56. The van der Waals surface area contributed by atoms with E-state index >= 15 is 0 Å². The van der Waals surface area contributed by atoms with Crippen molar-refractivity contribution < 1.29 is 5.11 Å². The third kappa shape index (κ3) is 2.56. The van der Waals surface area contributed by atoms with Gasteiger partial charge in [0.05, 0.1) is 5.69 Å². The first-order chi connectivity index (χ1) is 10.3. The predicted molar refractivity (Wildman–Crippen MR) is 84.8 cm³/mol. The molecule has 0 fully saturated rings. The van der Waals surface area contributed by atoms with Crippen molar-refractivity contribution in [2.45, 2.75) is 6.54 Å². The molecule has 21 heavy (non-hydrogen) atoms. The van der Waals surface area contributed by atoms with Gasteiger partial charge in [0.15, 0.2) is 0 Å². The maximum Gasteiger partial charge on any atom is 0.146 e. The number of rotatable bonds is 4. The fraction of sp³-hybridized carbons (Fsp3) is 0.0588. The van der Waals surface area contributed by atoms with Gasteiger partial charge in [-0.3, -0.25) is 0 Å². The van der Waals surface area contributed by atoms with Crippen LogP contribution in [-0.4, -0.2) is 5.11 Å². The molecule has 0 aliphatic heterocycles. The van der Waals surface area contributed by atoms with Gasteiger partial charge in [-0.05, 0) is 16.8 Å². The van der Waals surface area contributed by atoms with E-state index < -0.39 is 0 Å². The number of anilines is 1. The van der Waals surface area contributed by atoms with E-state index in [2.05, 4.69) is 10.5 Å². The Balaban J connectivity index is 1.99. The molecule has 0 saturated carbocycles. The van der Waals surface area contributed by atoms with Crippen molar-refractivity contribution in [1.29, 1.82) is 0 Å². The van der Waals surface area contributed by atoms with E-state index in [1.54, 1.807) is 18.2 Å². The molecule has 3 aromatic rings. The number of nitrogens with zero attached hydrogens (tertiary/aromatic N) is 1. The Hall–Kier alpha value is -2.88. The number of hydrogen-bond donors (Lipinski definition) is 2. The molecule has 3 rings (SSSR count). The standard InChI is InChI=1S/C17H14N2O2/c20-17-14-9-5-4-8-13(14)15(19-21)10-16(17)18-11-12-6-2-1-3-7-12/h1-10,18,20H,11H2. The van der Waals surface area contributed by atoms with Crippen LogP contribution in [0.15, 0.2) is 65.8 Å². The summed E-state index contributed by atoms with van der Waals surface area (Å²) < 4.78 is 0. The van der Waals surface area contributed by atoms with Crippen molar-refractivity contribution >= 4 is 22.1 Å². The van der Waals surface area contributed by atoms with Crippen LogP contribution in [0.25, 0.3) is 10.8 Å². The Morgan fingerprint density at radius 1 is 0.952 bits per heavy atom. The number of phenols is 1. The number of nitroso groups, excluding NO2 is 1. The second kappa shape index (κ2) is 5.63. The SMILES string of the molecule is O=Nc1cc(NCc2ccccc2)c(O)c2ccccc12. The lowest BCUT2D eigenvalue weighted by Crippen LogP contribution is -1.99. The molecule has 2 N–H and O–H groups in total. The van der Waals surface area contributed by atoms with Crippen molar-refractivity contribution in [2.24, 2.45) is 5.18 Å². The van der Waals surface area contributed by atoms with Gasteiger partial charge in [-0.15, -0.1) is 4.91 Å². The topological polar surface area (TPSA) is 61.7 Å². The normalized spacial score (nSPS) is 10.5. The van der Waals surface area contributed by atoms with E-state index in [-0.39, 0.29) is 5.75 Å². The summed E-state index contributed by atoms with van der Waals surface area (Å²) in [5.41, 5.74) is 1.91. The zero-order valence-corrected chi connectivity index (χ0v) is 11.3. The lowest BCUT2D eigenvalue weighted by molar-refractivity contribution is 0.483. The maximum absolute atomic E-state index is 11.0. The summed E-state index contributed by atoms with van der Waals surface area (Å²) in [5, 5.41) is 17.8. The maximum atomic E-state index is 11.0. The lowest BCUT2D eigenvalue weighted by Gasteiger charge is -2.12. The molecule has 104 valence electrons. The highest BCUT2D eigenvalue weighted by Gasteiger charge is 2.11. The molecule has 0 bridgehead atoms. The number of fused-ring (bicyclic) bond motifs is 1. The fourth-order valence-corrected chi connectivity index (χ4v) is 2.34. The molecule has 0 unspecified atom stereocenters. The van der Waals surface area contributed by atoms with E-state index in [9.17, 15) is 10.0 Å². The monoisotopic (exact) mass is 278 g/mol. The third-order valence-corrected chi connectivity index (χ3v) is 3.42. The molecule has 4 heteroatoms. The average molecular weight is 278 g/mol. The molecule has 0 radical (unpaired) electrons. The molecular weight excluding hydrogens is 264 g/mol. The largest absolute Gasteiger partial charge is 0.505 e. The first-order valence-corrected chi connectivity index (χ1v) is 6.65. The number of phenolic OH excluding ortho intramolecular Hbond substituents is 1. The van der Waals surface area contributed by atoms with E-state index in [4.69, 9.17) is 0 Å². The van der Waals surface area contributed by atoms with Crippen molar-refractivity contribution in [2.75, 3.05) is 5.32 Å². The van der Waals surface area contributed by atoms with Gasteiger partial charge in [-0.2, -0.15) is 0 Å². The second-order valence-corrected chi connectivity index (χ2v) is 4.77. The smallest absolute Gasteiger partial charge is 0.146 e. The van der Waals surface area contributed by atoms with E-state index in [0.29, 0.717) is 28.7 Å². The fourth-order valence-electron chi connectivity index (χ4n) is 2.34. The van der Waals surface area contributed by atoms with Gasteiger partial charge in [-0.1, -0.05) is 54.6 Å². The molecule has 0 heterocycles. The second-order valence-electron chi connectivity index (χ2n) is 4.77. The van der Waals surface area contributed by atoms with Crippen LogP contribution in [0.1, 0.15) is 5.56 Å². The third-order valence-electron chi connectivity index (χ3n) is 3.42. The zero-order valence-electron chi connectivity index (χ0n) is 11.3. The van der Waals surface area contributed by atoms with E-state index in [1.165, 1.54) is 0 Å². The van der Waals surface area contributed by atoms with Gasteiger partial charge in [-0.25, -0.2) is 0 Å². The van der Waals surface area contributed by atoms with Crippen molar-refractivity contribution in [1.82, 2.24) is 0 Å². The summed E-state index contributed by atoms with van der Waals surface area (Å²) in [4.78, 5) is 11.0. The molecule has 3 aromatic carbocycles. The summed E-state index contributed by atoms with van der Waals surface area (Å²) in [7, 11) is 0. The van der Waals surface area contributed by atoms with E-state index in [0.717, 1.165) is 5.56 Å². The minimum absolute atomic E-state index is 0.133. The first-order valence-electron chi connectivity index (χ1n) is 6.65. The van der Waals surface area contributed by atoms with Crippen LogP contribution in [0.5, 0.6) is 5.75 Å². The van der Waals surface area contributed by atoms with Crippen LogP contribution in [0.2, 0.25) is 0 Å². The van der Waals surface area contributed by atoms with Crippen LogP contribution in [-0.2, 0) is 6.54 Å². The summed E-state index contributed by atoms with van der Waals surface area (Å²) in [6, 6.07) is 18.6. The van der Waals surface area contributed by atoms with Crippen LogP contribution in [0.3, 0.4) is 0 Å². The number of aromatic hydroxyl groups is 1. The quantitative estimate of drug-likeness (QED) is 0.543. The first kappa shape index (κ1) is 13.1. The number of nitrogens with one attached hydrogen (secondary N) is 1. The lowest BCUT2D eigenvalue weighted by atomic mass is 10.1. The van der Waals surface area contributed by atoms with Crippen LogP contribution in [0, 0.1) is 4.91 Å². The average Bonchev–Trinajstić information content (AvgIpc) is 2.55. The minimum Gasteiger partial charge on any atom is -0.505 e. The van der Waals surface area contributed by atoms with Crippen LogP contribution >= 0.6 is 0 Å². The van der Waals surface area contributed by atoms with Gasteiger partial charge in [0.25, 0.3) is 0 Å². The minimum atomic E-state index is 0.133. The number of benzene rings is 3. The highest BCUT2D eigenvalue weighted by Crippen LogP contribution is 2.39. The van der Waals surface area contributed by atoms with Crippen molar-refractivity contribution in [3.8, 4) is 5.75 Å². The van der Waals surface area contributed by atoms with Crippen LogP contribution in [0.4, 0.5) is 11.4 Å². The Morgan fingerprint density at radius 2 is 1.62 bits per heavy atom. The van der Waals surface area contributed by atoms with Gasteiger partial charge < -0.3 is 10.4 Å². The Morgan fingerprint density at radius 3 is 2.33 bits per heavy atom. The summed E-state index contributed by atoms with van der Waals surface area (Å²) >= 11 is 0. The molecule has 0 aliphatic rings. The highest BCUT2D eigenvalue weighted by molar-refractivity contribution is 6.00. The highest BCUT2D eigenvalue weighted by atomic mass is 16.3. The number of hydrogen-bond acceptors (Lipinski definition) is 4. The molecule has 0 saturated heterocycles. The van der Waals surface area contributed by atoms with Gasteiger partial charge in [0, 0.05) is 17.3 Å². The Labute approximate surface area is 122 Å². The molecule has 0 aliphatic carbocycles. The zero-order chi connectivity index (χ0) is 14.7. The Bertz CT molecular complexity index is 785. The van der Waals surface area contributed by atoms with Crippen molar-refractivity contribution in [3.05, 3.63) is 71.1 Å². The van der Waals surface area contributed by atoms with Gasteiger partial charge >= 0.3 is 0 Å². The molecule has 0 aromatic heterocycles. The van der Waals surface area contributed by atoms with Gasteiger partial charge in [0.1, 0.15) is 11.4 Å². The summed E-state index contributed by atoms with van der Waals surface area (Å²) in [5.74, 6) is 0.133. The summed E-state index contributed by atoms with van der Waals surface area (Å²) in [6.45, 7) is 0.561. The van der Waals surface area contributed by atoms with Crippen LogP contribution < -0.4 is 5.32 Å². The van der Waals surface area contributed by atoms with Gasteiger partial charge in [0.2, 0.25) is 0 Å². The van der Waals surface area contributed by atoms with Crippen molar-refractivity contribution in [3.63, 3.8) is 0 Å². The van der Waals surface area contributed by atoms with E-state index in [1.807, 2.05) is 42.5 Å². The molecule has 0 atom stereocenters. The molecular formula is C17H14N2O2. The Kier molecular flexibility index (Phi) is 3.51. The molecule has 0 amide bonds. The molecule has 0 spiro atoms. The summed E-state index contributed by atoms with van der Waals surface area (Å²) in [6.07, 6.45) is 0. The molecule has 4 nitrogen and oxygen atoms in total.